The molecule has 0 spiro atoms. The summed E-state index contributed by atoms with van der Waals surface area (Å²) in [4.78, 5) is 34.9. The molecule has 1 rings (SSSR count). The second-order valence-corrected chi connectivity index (χ2v) is 4.99. The summed E-state index contributed by atoms with van der Waals surface area (Å²) in [6.45, 7) is 5.15. The molecule has 0 atom stereocenters. The molecular formula is C16H22N2O5. The first-order valence-corrected chi connectivity index (χ1v) is 7.39. The van der Waals surface area contributed by atoms with E-state index in [1.165, 1.54) is 0 Å². The number of ether oxygens (including phenoxy) is 2. The van der Waals surface area contributed by atoms with Crippen molar-refractivity contribution in [1.82, 2.24) is 10.6 Å². The molecule has 0 saturated carbocycles. The number of rotatable bonds is 8. The molecule has 0 aromatic heterocycles. The molecule has 0 aliphatic heterocycles. The third kappa shape index (κ3) is 6.82. The van der Waals surface area contributed by atoms with Crippen molar-refractivity contribution in [3.05, 3.63) is 29.8 Å². The number of hydrogen-bond acceptors (Lipinski definition) is 5. The van der Waals surface area contributed by atoms with Crippen LogP contribution in [0.3, 0.4) is 0 Å². The molecule has 0 unspecified atom stereocenters. The van der Waals surface area contributed by atoms with Crippen molar-refractivity contribution in [2.45, 2.75) is 26.8 Å². The molecule has 126 valence electrons. The van der Waals surface area contributed by atoms with E-state index in [1.807, 2.05) is 6.92 Å². The van der Waals surface area contributed by atoms with Gasteiger partial charge in [-0.3, -0.25) is 14.4 Å². The van der Waals surface area contributed by atoms with Crippen LogP contribution in [0.2, 0.25) is 0 Å². The Morgan fingerprint density at radius 1 is 1.17 bits per heavy atom. The van der Waals surface area contributed by atoms with Gasteiger partial charge in [0.15, 0.2) is 6.61 Å². The van der Waals surface area contributed by atoms with Crippen LogP contribution in [0.5, 0.6) is 5.75 Å². The number of carbonyl (C=O) groups is 3. The molecule has 7 nitrogen and oxygen atoms in total. The SMILES string of the molecule is CCOc1ccccc1C(=O)NCC(=O)OCC(=O)NC(C)C. The Bertz CT molecular complexity index is 557. The maximum absolute atomic E-state index is 12.1. The molecule has 7 heteroatoms. The maximum Gasteiger partial charge on any atom is 0.325 e. The molecular weight excluding hydrogens is 300 g/mol. The van der Waals surface area contributed by atoms with Crippen molar-refractivity contribution in [3.63, 3.8) is 0 Å². The molecule has 1 aromatic rings. The number of esters is 1. The van der Waals surface area contributed by atoms with E-state index in [4.69, 9.17) is 9.47 Å². The quantitative estimate of drug-likeness (QED) is 0.693. The summed E-state index contributed by atoms with van der Waals surface area (Å²) in [5.74, 6) is -1.08. The fourth-order valence-electron chi connectivity index (χ4n) is 1.74. The number of para-hydroxylation sites is 1. The monoisotopic (exact) mass is 322 g/mol. The first-order valence-electron chi connectivity index (χ1n) is 7.39. The van der Waals surface area contributed by atoms with Crippen molar-refractivity contribution in [2.75, 3.05) is 19.8 Å². The number of carbonyl (C=O) groups excluding carboxylic acids is 3. The normalized spacial score (nSPS) is 10.1. The Morgan fingerprint density at radius 2 is 1.87 bits per heavy atom. The molecule has 1 aromatic carbocycles. The van der Waals surface area contributed by atoms with E-state index in [9.17, 15) is 14.4 Å². The van der Waals surface area contributed by atoms with Gasteiger partial charge in [0, 0.05) is 6.04 Å². The Hall–Kier alpha value is -2.57. The summed E-state index contributed by atoms with van der Waals surface area (Å²) in [6.07, 6.45) is 0. The summed E-state index contributed by atoms with van der Waals surface area (Å²) in [6, 6.07) is 6.69. The van der Waals surface area contributed by atoms with Gasteiger partial charge in [-0.15, -0.1) is 0 Å². The van der Waals surface area contributed by atoms with Crippen LogP contribution in [0, 0.1) is 0 Å². The zero-order valence-corrected chi connectivity index (χ0v) is 13.5. The van der Waals surface area contributed by atoms with E-state index in [0.717, 1.165) is 0 Å². The van der Waals surface area contributed by atoms with Crippen molar-refractivity contribution < 1.29 is 23.9 Å². The molecule has 2 amide bonds. The molecule has 0 fully saturated rings. The second kappa shape index (κ2) is 9.45. The van der Waals surface area contributed by atoms with Crippen molar-refractivity contribution in [2.24, 2.45) is 0 Å². The largest absolute Gasteiger partial charge is 0.493 e. The first-order chi connectivity index (χ1) is 10.9. The highest BCUT2D eigenvalue weighted by Gasteiger charge is 2.14. The second-order valence-electron chi connectivity index (χ2n) is 4.99. The molecule has 0 aliphatic rings. The molecule has 0 saturated heterocycles. The van der Waals surface area contributed by atoms with Crippen LogP contribution >= 0.6 is 0 Å². The fourth-order valence-corrected chi connectivity index (χ4v) is 1.74. The Kier molecular flexibility index (Phi) is 7.59. The number of hydrogen-bond donors (Lipinski definition) is 2. The standard InChI is InChI=1S/C16H22N2O5/c1-4-22-13-8-6-5-7-12(13)16(21)17-9-15(20)23-10-14(19)18-11(2)3/h5-8,11H,4,9-10H2,1-3H3,(H,17,21)(H,18,19). The zero-order valence-electron chi connectivity index (χ0n) is 13.5. The first kappa shape index (κ1) is 18.5. The highest BCUT2D eigenvalue weighted by molar-refractivity contribution is 5.98. The van der Waals surface area contributed by atoms with E-state index in [0.29, 0.717) is 17.9 Å². The smallest absolute Gasteiger partial charge is 0.325 e. The van der Waals surface area contributed by atoms with Gasteiger partial charge >= 0.3 is 5.97 Å². The summed E-state index contributed by atoms with van der Waals surface area (Å²) in [5, 5.41) is 5.03. The minimum absolute atomic E-state index is 0.0315. The van der Waals surface area contributed by atoms with Crippen LogP contribution in [0.15, 0.2) is 24.3 Å². The third-order valence-electron chi connectivity index (χ3n) is 2.64. The molecule has 2 N–H and O–H groups in total. The number of benzene rings is 1. The lowest BCUT2D eigenvalue weighted by Crippen LogP contribution is -2.36. The number of amides is 2. The van der Waals surface area contributed by atoms with Gasteiger partial charge in [0.2, 0.25) is 0 Å². The third-order valence-corrected chi connectivity index (χ3v) is 2.64. The Morgan fingerprint density at radius 3 is 2.52 bits per heavy atom. The van der Waals surface area contributed by atoms with Crippen molar-refractivity contribution in [3.8, 4) is 5.75 Å². The molecule has 0 radical (unpaired) electrons. The van der Waals surface area contributed by atoms with Crippen LogP contribution in [0.1, 0.15) is 31.1 Å². The highest BCUT2D eigenvalue weighted by atomic mass is 16.5. The summed E-state index contributed by atoms with van der Waals surface area (Å²) in [5.41, 5.74) is 0.333. The Labute approximate surface area is 135 Å². The molecule has 0 heterocycles. The van der Waals surface area contributed by atoms with Gasteiger partial charge in [-0.2, -0.15) is 0 Å². The average Bonchev–Trinajstić information content (AvgIpc) is 2.51. The molecule has 0 bridgehead atoms. The van der Waals surface area contributed by atoms with E-state index >= 15 is 0 Å². The van der Waals surface area contributed by atoms with E-state index in [2.05, 4.69) is 10.6 Å². The van der Waals surface area contributed by atoms with Gasteiger partial charge in [0.05, 0.1) is 12.2 Å². The van der Waals surface area contributed by atoms with E-state index < -0.39 is 11.9 Å². The van der Waals surface area contributed by atoms with Gasteiger partial charge in [0.1, 0.15) is 12.3 Å². The number of nitrogens with one attached hydrogen (secondary N) is 2. The van der Waals surface area contributed by atoms with Crippen LogP contribution in [-0.2, 0) is 14.3 Å². The minimum atomic E-state index is -0.689. The van der Waals surface area contributed by atoms with Gasteiger partial charge in [-0.25, -0.2) is 0 Å². The van der Waals surface area contributed by atoms with E-state index in [-0.39, 0.29) is 25.1 Å². The lowest BCUT2D eigenvalue weighted by molar-refractivity contribution is -0.147. The highest BCUT2D eigenvalue weighted by Crippen LogP contribution is 2.17. The minimum Gasteiger partial charge on any atom is -0.493 e. The fraction of sp³-hybridized carbons (Fsp3) is 0.438. The predicted molar refractivity (Wildman–Crippen MR) is 84.2 cm³/mol. The molecule has 23 heavy (non-hydrogen) atoms. The predicted octanol–water partition coefficient (Wildman–Crippen LogP) is 0.883. The van der Waals surface area contributed by atoms with Crippen molar-refractivity contribution >= 4 is 17.8 Å². The maximum atomic E-state index is 12.1. The zero-order chi connectivity index (χ0) is 17.2. The lowest BCUT2D eigenvalue weighted by atomic mass is 10.2. The van der Waals surface area contributed by atoms with Gasteiger partial charge in [-0.1, -0.05) is 12.1 Å². The Balaban J connectivity index is 2.44. The summed E-state index contributed by atoms with van der Waals surface area (Å²) < 4.78 is 10.1. The topological polar surface area (TPSA) is 93.7 Å². The molecule has 0 aliphatic carbocycles. The van der Waals surface area contributed by atoms with Gasteiger partial charge in [-0.05, 0) is 32.9 Å². The van der Waals surface area contributed by atoms with Crippen LogP contribution in [-0.4, -0.2) is 43.6 Å². The van der Waals surface area contributed by atoms with Crippen LogP contribution in [0.25, 0.3) is 0 Å². The average molecular weight is 322 g/mol. The van der Waals surface area contributed by atoms with Gasteiger partial charge in [0.25, 0.3) is 11.8 Å². The summed E-state index contributed by atoms with van der Waals surface area (Å²) in [7, 11) is 0. The lowest BCUT2D eigenvalue weighted by Gasteiger charge is -2.11. The van der Waals surface area contributed by atoms with E-state index in [1.54, 1.807) is 38.1 Å². The van der Waals surface area contributed by atoms with Crippen molar-refractivity contribution in [1.29, 1.82) is 0 Å². The van der Waals surface area contributed by atoms with Gasteiger partial charge < -0.3 is 20.1 Å². The summed E-state index contributed by atoms with van der Waals surface area (Å²) >= 11 is 0. The van der Waals surface area contributed by atoms with Crippen LogP contribution in [0.4, 0.5) is 0 Å². The van der Waals surface area contributed by atoms with Crippen LogP contribution < -0.4 is 15.4 Å².